The number of carboxylic acid groups (broad SMARTS) is 1. The fraction of sp³-hybridized carbons (Fsp3) is 0. The molecule has 0 bridgehead atoms. The third kappa shape index (κ3) is 1.51. The van der Waals surface area contributed by atoms with Crippen molar-refractivity contribution in [2.45, 2.75) is 0 Å². The van der Waals surface area contributed by atoms with E-state index < -0.39 is 5.97 Å². The van der Waals surface area contributed by atoms with E-state index in [9.17, 15) is 9.90 Å². The van der Waals surface area contributed by atoms with Gasteiger partial charge in [-0.05, 0) is 11.5 Å². The maximum atomic E-state index is 10.9. The van der Waals surface area contributed by atoms with Crippen molar-refractivity contribution in [2.24, 2.45) is 0 Å². The smallest absolute Gasteiger partial charge is 0.336 e. The van der Waals surface area contributed by atoms with Crippen molar-refractivity contribution >= 4 is 28.3 Å². The van der Waals surface area contributed by atoms with Gasteiger partial charge in [0.05, 0.1) is 10.6 Å². The lowest BCUT2D eigenvalue weighted by molar-refractivity contribution is 0.0699. The molecule has 0 aliphatic carbocycles. The predicted octanol–water partition coefficient (Wildman–Crippen LogP) is 2.90. The molecule has 0 aliphatic heterocycles. The first-order chi connectivity index (χ1) is 7.11. The average molecular weight is 223 g/mol. The molecule has 0 heterocycles. The SMILES string of the molecule is O=C(O)c1cc(Cl)c(O)c2ccccc12. The summed E-state index contributed by atoms with van der Waals surface area (Å²) in [5, 5.41) is 19.6. The minimum atomic E-state index is -1.06. The first-order valence-corrected chi connectivity index (χ1v) is 4.62. The van der Waals surface area contributed by atoms with Crippen LogP contribution in [0, 0.1) is 0 Å². The third-order valence-electron chi connectivity index (χ3n) is 2.20. The number of fused-ring (bicyclic) bond motifs is 1. The Balaban J connectivity index is 2.94. The highest BCUT2D eigenvalue weighted by Gasteiger charge is 2.13. The summed E-state index contributed by atoms with van der Waals surface area (Å²) < 4.78 is 0. The lowest BCUT2D eigenvalue weighted by Gasteiger charge is -2.06. The van der Waals surface area contributed by atoms with E-state index in [2.05, 4.69) is 0 Å². The lowest BCUT2D eigenvalue weighted by Crippen LogP contribution is -1.97. The molecule has 2 aromatic carbocycles. The van der Waals surface area contributed by atoms with Gasteiger partial charge in [-0.1, -0.05) is 35.9 Å². The minimum Gasteiger partial charge on any atom is -0.506 e. The Morgan fingerprint density at radius 2 is 1.80 bits per heavy atom. The number of phenolic OH excluding ortho intramolecular Hbond substituents is 1. The molecule has 0 spiro atoms. The van der Waals surface area contributed by atoms with Gasteiger partial charge in [-0.25, -0.2) is 4.79 Å². The summed E-state index contributed by atoms with van der Waals surface area (Å²) in [5.41, 5.74) is 0.0911. The van der Waals surface area contributed by atoms with Crippen LogP contribution >= 0.6 is 11.6 Å². The van der Waals surface area contributed by atoms with Gasteiger partial charge in [0.15, 0.2) is 0 Å². The van der Waals surface area contributed by atoms with Crippen LogP contribution in [-0.4, -0.2) is 16.2 Å². The second-order valence-electron chi connectivity index (χ2n) is 3.11. The van der Waals surface area contributed by atoms with E-state index in [-0.39, 0.29) is 16.3 Å². The zero-order valence-electron chi connectivity index (χ0n) is 7.57. The number of benzene rings is 2. The van der Waals surface area contributed by atoms with E-state index in [0.717, 1.165) is 0 Å². The molecule has 2 aromatic rings. The number of hydrogen-bond acceptors (Lipinski definition) is 2. The summed E-state index contributed by atoms with van der Waals surface area (Å²) >= 11 is 5.72. The molecule has 0 aromatic heterocycles. The number of phenols is 1. The maximum absolute atomic E-state index is 10.9. The van der Waals surface area contributed by atoms with Crippen LogP contribution in [0.4, 0.5) is 0 Å². The molecule has 2 rings (SSSR count). The van der Waals surface area contributed by atoms with Gasteiger partial charge in [0.1, 0.15) is 5.75 Å². The summed E-state index contributed by atoms with van der Waals surface area (Å²) in [6.07, 6.45) is 0. The van der Waals surface area contributed by atoms with Crippen molar-refractivity contribution in [2.75, 3.05) is 0 Å². The monoisotopic (exact) mass is 222 g/mol. The Morgan fingerprint density at radius 3 is 2.40 bits per heavy atom. The Bertz CT molecular complexity index is 549. The van der Waals surface area contributed by atoms with Gasteiger partial charge >= 0.3 is 5.97 Å². The van der Waals surface area contributed by atoms with Crippen LogP contribution in [0.15, 0.2) is 30.3 Å². The second-order valence-corrected chi connectivity index (χ2v) is 3.51. The average Bonchev–Trinajstić information content (AvgIpc) is 2.23. The highest BCUT2D eigenvalue weighted by atomic mass is 35.5. The molecule has 0 saturated carbocycles. The van der Waals surface area contributed by atoms with Crippen LogP contribution < -0.4 is 0 Å². The summed E-state index contributed by atoms with van der Waals surface area (Å²) in [6.45, 7) is 0. The van der Waals surface area contributed by atoms with Gasteiger partial charge in [0, 0.05) is 5.39 Å². The fourth-order valence-electron chi connectivity index (χ4n) is 1.50. The van der Waals surface area contributed by atoms with E-state index in [4.69, 9.17) is 16.7 Å². The van der Waals surface area contributed by atoms with E-state index >= 15 is 0 Å². The van der Waals surface area contributed by atoms with E-state index in [0.29, 0.717) is 10.8 Å². The molecule has 0 aliphatic rings. The van der Waals surface area contributed by atoms with Gasteiger partial charge in [-0.2, -0.15) is 0 Å². The number of aromatic carboxylic acids is 1. The number of aromatic hydroxyl groups is 1. The second kappa shape index (κ2) is 3.44. The van der Waals surface area contributed by atoms with Crippen LogP contribution in [0.2, 0.25) is 5.02 Å². The standard InChI is InChI=1S/C11H7ClO3/c12-9-5-8(11(14)15)6-3-1-2-4-7(6)10(9)13/h1-5,13H,(H,14,15). The number of halogens is 1. The highest BCUT2D eigenvalue weighted by molar-refractivity contribution is 6.34. The van der Waals surface area contributed by atoms with Crippen LogP contribution in [0.3, 0.4) is 0 Å². The van der Waals surface area contributed by atoms with Crippen LogP contribution in [0.5, 0.6) is 5.75 Å². The largest absolute Gasteiger partial charge is 0.506 e. The van der Waals surface area contributed by atoms with Crippen molar-refractivity contribution < 1.29 is 15.0 Å². The quantitative estimate of drug-likeness (QED) is 0.780. The van der Waals surface area contributed by atoms with E-state index in [1.807, 2.05) is 0 Å². The van der Waals surface area contributed by atoms with Gasteiger partial charge < -0.3 is 10.2 Å². The molecule has 0 saturated heterocycles. The van der Waals surface area contributed by atoms with E-state index in [1.54, 1.807) is 24.3 Å². The van der Waals surface area contributed by atoms with Crippen LogP contribution in [0.25, 0.3) is 10.8 Å². The summed E-state index contributed by atoms with van der Waals surface area (Å²) in [7, 11) is 0. The molecule has 2 N–H and O–H groups in total. The molecule has 4 heteroatoms. The topological polar surface area (TPSA) is 57.5 Å². The zero-order valence-corrected chi connectivity index (χ0v) is 8.32. The van der Waals surface area contributed by atoms with Crippen molar-refractivity contribution in [3.05, 3.63) is 40.9 Å². The molecule has 0 amide bonds. The Morgan fingerprint density at radius 1 is 1.20 bits per heavy atom. The number of hydrogen-bond donors (Lipinski definition) is 2. The van der Waals surface area contributed by atoms with Gasteiger partial charge in [-0.15, -0.1) is 0 Å². The summed E-state index contributed by atoms with van der Waals surface area (Å²) in [6, 6.07) is 7.94. The number of carboxylic acids is 1. The zero-order chi connectivity index (χ0) is 11.0. The molecule has 0 atom stereocenters. The van der Waals surface area contributed by atoms with Crippen molar-refractivity contribution in [3.8, 4) is 5.75 Å². The van der Waals surface area contributed by atoms with E-state index in [1.165, 1.54) is 6.07 Å². The number of rotatable bonds is 1. The molecule has 0 fully saturated rings. The minimum absolute atomic E-state index is 0.0473. The van der Waals surface area contributed by atoms with Gasteiger partial charge in [-0.3, -0.25) is 0 Å². The highest BCUT2D eigenvalue weighted by Crippen LogP contribution is 2.34. The first kappa shape index (κ1) is 9.80. The molecule has 15 heavy (non-hydrogen) atoms. The van der Waals surface area contributed by atoms with Crippen LogP contribution in [0.1, 0.15) is 10.4 Å². The third-order valence-corrected chi connectivity index (χ3v) is 2.49. The van der Waals surface area contributed by atoms with Crippen molar-refractivity contribution in [1.29, 1.82) is 0 Å². The normalized spacial score (nSPS) is 10.5. The Labute approximate surface area is 90.5 Å². The van der Waals surface area contributed by atoms with Crippen molar-refractivity contribution in [1.82, 2.24) is 0 Å². The maximum Gasteiger partial charge on any atom is 0.336 e. The predicted molar refractivity (Wildman–Crippen MR) is 57.6 cm³/mol. The molecular weight excluding hydrogens is 216 g/mol. The molecule has 0 unspecified atom stereocenters. The Hall–Kier alpha value is -1.74. The van der Waals surface area contributed by atoms with Crippen LogP contribution in [-0.2, 0) is 0 Å². The van der Waals surface area contributed by atoms with Gasteiger partial charge in [0.25, 0.3) is 0 Å². The lowest BCUT2D eigenvalue weighted by atomic mass is 10.0. The summed E-state index contributed by atoms with van der Waals surface area (Å²) in [5.74, 6) is -1.15. The molecule has 76 valence electrons. The van der Waals surface area contributed by atoms with Crippen molar-refractivity contribution in [3.63, 3.8) is 0 Å². The summed E-state index contributed by atoms with van der Waals surface area (Å²) in [4.78, 5) is 10.9. The number of carbonyl (C=O) groups is 1. The Kier molecular flexibility index (Phi) is 2.25. The fourth-order valence-corrected chi connectivity index (χ4v) is 1.71. The van der Waals surface area contributed by atoms with Gasteiger partial charge in [0.2, 0.25) is 0 Å². The molecule has 0 radical (unpaired) electrons. The molecular formula is C11H7ClO3. The molecule has 3 nitrogen and oxygen atoms in total. The first-order valence-electron chi connectivity index (χ1n) is 4.25.